The Bertz CT molecular complexity index is 766. The summed E-state index contributed by atoms with van der Waals surface area (Å²) in [6, 6.07) is 12.0. The van der Waals surface area contributed by atoms with Crippen molar-refractivity contribution in [3.63, 3.8) is 0 Å². The van der Waals surface area contributed by atoms with E-state index in [2.05, 4.69) is 19.8 Å². The number of hydrogen-bond donors (Lipinski definition) is 0. The van der Waals surface area contributed by atoms with Crippen LogP contribution < -0.4 is 9.80 Å². The van der Waals surface area contributed by atoms with Crippen LogP contribution in [0.25, 0.3) is 0 Å². The van der Waals surface area contributed by atoms with Gasteiger partial charge in [-0.05, 0) is 32.4 Å². The molecule has 1 unspecified atom stereocenters. The van der Waals surface area contributed by atoms with Crippen molar-refractivity contribution in [3.05, 3.63) is 47.9 Å². The largest absolute Gasteiger partial charge is 0.354 e. The third-order valence-electron chi connectivity index (χ3n) is 5.28. The third-order valence-corrected chi connectivity index (χ3v) is 5.28. The van der Waals surface area contributed by atoms with Crippen LogP contribution in [0.4, 0.5) is 11.5 Å². The molecule has 0 aliphatic carbocycles. The second kappa shape index (κ2) is 7.03. The van der Waals surface area contributed by atoms with Gasteiger partial charge in [0.05, 0.1) is 6.04 Å². The molecular formula is C20H25N5O. The van der Waals surface area contributed by atoms with E-state index >= 15 is 0 Å². The van der Waals surface area contributed by atoms with Crippen LogP contribution in [-0.2, 0) is 4.79 Å². The van der Waals surface area contributed by atoms with E-state index in [1.807, 2.05) is 55.1 Å². The van der Waals surface area contributed by atoms with Crippen molar-refractivity contribution in [2.24, 2.45) is 0 Å². The van der Waals surface area contributed by atoms with Crippen molar-refractivity contribution in [3.8, 4) is 0 Å². The van der Waals surface area contributed by atoms with Crippen LogP contribution in [0.1, 0.15) is 17.9 Å². The third kappa shape index (κ3) is 3.29. The number of anilines is 2. The fourth-order valence-corrected chi connectivity index (χ4v) is 3.99. The average molecular weight is 351 g/mol. The summed E-state index contributed by atoms with van der Waals surface area (Å²) < 4.78 is 0. The van der Waals surface area contributed by atoms with Crippen LogP contribution >= 0.6 is 0 Å². The summed E-state index contributed by atoms with van der Waals surface area (Å²) in [7, 11) is 0. The van der Waals surface area contributed by atoms with Crippen molar-refractivity contribution < 1.29 is 4.79 Å². The maximum absolute atomic E-state index is 12.9. The number of hydrogen-bond acceptors (Lipinski definition) is 5. The van der Waals surface area contributed by atoms with E-state index in [0.717, 1.165) is 62.2 Å². The zero-order valence-electron chi connectivity index (χ0n) is 15.4. The number of amides is 1. The molecule has 3 heterocycles. The number of carbonyl (C=O) groups is 1. The van der Waals surface area contributed by atoms with Gasteiger partial charge >= 0.3 is 0 Å². The van der Waals surface area contributed by atoms with Crippen LogP contribution in [0.2, 0.25) is 0 Å². The van der Waals surface area contributed by atoms with E-state index < -0.39 is 0 Å². The predicted molar refractivity (Wildman–Crippen MR) is 102 cm³/mol. The minimum Gasteiger partial charge on any atom is -0.354 e. The number of piperazine rings is 1. The highest BCUT2D eigenvalue weighted by atomic mass is 16.2. The molecule has 2 aromatic rings. The Morgan fingerprint density at radius 3 is 2.38 bits per heavy atom. The van der Waals surface area contributed by atoms with Crippen molar-refractivity contribution in [1.29, 1.82) is 0 Å². The Kier molecular flexibility index (Phi) is 4.59. The molecule has 2 aliphatic heterocycles. The number of carbonyl (C=O) groups excluding carboxylic acids is 1. The number of rotatable bonds is 3. The molecule has 2 aliphatic rings. The van der Waals surface area contributed by atoms with Crippen LogP contribution in [0, 0.1) is 13.8 Å². The van der Waals surface area contributed by atoms with Gasteiger partial charge in [0.25, 0.3) is 0 Å². The second-order valence-corrected chi connectivity index (χ2v) is 7.07. The molecule has 1 amide bonds. The first kappa shape index (κ1) is 17.0. The smallest absolute Gasteiger partial charge is 0.244 e. The summed E-state index contributed by atoms with van der Waals surface area (Å²) in [4.78, 5) is 28.4. The predicted octanol–water partition coefficient (Wildman–Crippen LogP) is 2.02. The van der Waals surface area contributed by atoms with Gasteiger partial charge in [-0.25, -0.2) is 9.97 Å². The van der Waals surface area contributed by atoms with Crippen molar-refractivity contribution in [2.45, 2.75) is 26.3 Å². The average Bonchev–Trinajstić information content (AvgIpc) is 3.03. The molecule has 1 aromatic carbocycles. The molecule has 1 aromatic heterocycles. The van der Waals surface area contributed by atoms with Crippen molar-refractivity contribution >= 4 is 17.4 Å². The highest BCUT2D eigenvalue weighted by Crippen LogP contribution is 2.25. The summed E-state index contributed by atoms with van der Waals surface area (Å²) in [6.45, 7) is 8.31. The maximum Gasteiger partial charge on any atom is 0.244 e. The van der Waals surface area contributed by atoms with Crippen LogP contribution in [0.5, 0.6) is 0 Å². The van der Waals surface area contributed by atoms with Gasteiger partial charge in [-0.15, -0.1) is 0 Å². The molecule has 0 bridgehead atoms. The van der Waals surface area contributed by atoms with E-state index in [-0.39, 0.29) is 11.9 Å². The monoisotopic (exact) mass is 351 g/mol. The van der Waals surface area contributed by atoms with Crippen LogP contribution in [0.3, 0.4) is 0 Å². The van der Waals surface area contributed by atoms with E-state index in [0.29, 0.717) is 0 Å². The molecule has 26 heavy (non-hydrogen) atoms. The molecule has 6 nitrogen and oxygen atoms in total. The molecule has 0 radical (unpaired) electrons. The molecule has 0 saturated carbocycles. The maximum atomic E-state index is 12.9. The number of nitrogens with zero attached hydrogens (tertiary/aromatic N) is 5. The Balaban J connectivity index is 1.40. The van der Waals surface area contributed by atoms with Gasteiger partial charge in [0.15, 0.2) is 0 Å². The molecule has 136 valence electrons. The van der Waals surface area contributed by atoms with Gasteiger partial charge in [-0.2, -0.15) is 0 Å². The highest BCUT2D eigenvalue weighted by molar-refractivity contribution is 5.99. The Morgan fingerprint density at radius 2 is 1.69 bits per heavy atom. The van der Waals surface area contributed by atoms with E-state index in [4.69, 9.17) is 0 Å². The molecule has 6 heteroatoms. The number of aromatic nitrogens is 2. The summed E-state index contributed by atoms with van der Waals surface area (Å²) in [5.41, 5.74) is 2.00. The van der Waals surface area contributed by atoms with Gasteiger partial charge in [0.1, 0.15) is 11.6 Å². The van der Waals surface area contributed by atoms with Crippen LogP contribution in [0.15, 0.2) is 36.4 Å². The number of benzene rings is 1. The Labute approximate surface area is 154 Å². The first-order valence-electron chi connectivity index (χ1n) is 9.29. The quantitative estimate of drug-likeness (QED) is 0.847. The molecule has 4 rings (SSSR count). The van der Waals surface area contributed by atoms with Gasteiger partial charge in [-0.3, -0.25) is 9.69 Å². The Hall–Kier alpha value is -2.47. The lowest BCUT2D eigenvalue weighted by molar-refractivity contribution is -0.121. The highest BCUT2D eigenvalue weighted by Gasteiger charge is 2.37. The second-order valence-electron chi connectivity index (χ2n) is 7.07. The fraction of sp³-hybridized carbons (Fsp3) is 0.450. The summed E-state index contributed by atoms with van der Waals surface area (Å²) in [5.74, 6) is 2.04. The number of para-hydroxylation sites is 1. The lowest BCUT2D eigenvalue weighted by Gasteiger charge is -2.37. The van der Waals surface area contributed by atoms with E-state index in [9.17, 15) is 4.79 Å². The van der Waals surface area contributed by atoms with E-state index in [1.165, 1.54) is 0 Å². The van der Waals surface area contributed by atoms with Crippen molar-refractivity contribution in [2.75, 3.05) is 42.5 Å². The molecule has 0 N–H and O–H groups in total. The lowest BCUT2D eigenvalue weighted by Crippen LogP contribution is -2.52. The summed E-state index contributed by atoms with van der Waals surface area (Å²) in [5, 5.41) is 0. The fourth-order valence-electron chi connectivity index (χ4n) is 3.99. The van der Waals surface area contributed by atoms with Gasteiger partial charge in [0, 0.05) is 50.2 Å². The van der Waals surface area contributed by atoms with Gasteiger partial charge in [0.2, 0.25) is 5.91 Å². The number of aryl methyl sites for hydroxylation is 2. The lowest BCUT2D eigenvalue weighted by atomic mass is 10.1. The molecular weight excluding hydrogens is 326 g/mol. The normalized spacial score (nSPS) is 21.5. The first-order valence-corrected chi connectivity index (χ1v) is 9.29. The summed E-state index contributed by atoms with van der Waals surface area (Å²) >= 11 is 0. The minimum absolute atomic E-state index is 0.00577. The Morgan fingerprint density at radius 1 is 0.962 bits per heavy atom. The van der Waals surface area contributed by atoms with Crippen LogP contribution in [-0.4, -0.2) is 59.5 Å². The SMILES string of the molecule is Cc1cc(N2CCN(C3CCN(c4ccccc4)C3=O)CC2)nc(C)n1. The molecule has 1 atom stereocenters. The van der Waals surface area contributed by atoms with E-state index in [1.54, 1.807) is 0 Å². The van der Waals surface area contributed by atoms with Gasteiger partial charge in [-0.1, -0.05) is 18.2 Å². The standard InChI is InChI=1S/C20H25N5O/c1-15-14-19(22-16(2)21-15)24-12-10-23(11-13-24)18-8-9-25(20(18)26)17-6-4-3-5-7-17/h3-7,14,18H,8-13H2,1-2H3. The topological polar surface area (TPSA) is 52.6 Å². The molecule has 0 spiro atoms. The van der Waals surface area contributed by atoms with Crippen molar-refractivity contribution in [1.82, 2.24) is 14.9 Å². The minimum atomic E-state index is 0.00577. The summed E-state index contributed by atoms with van der Waals surface area (Å²) in [6.07, 6.45) is 0.902. The first-order chi connectivity index (χ1) is 12.6. The van der Waals surface area contributed by atoms with Gasteiger partial charge < -0.3 is 9.80 Å². The zero-order valence-corrected chi connectivity index (χ0v) is 15.4. The zero-order chi connectivity index (χ0) is 18.1. The molecule has 2 saturated heterocycles. The molecule has 2 fully saturated rings.